The summed E-state index contributed by atoms with van der Waals surface area (Å²) in [6, 6.07) is 6.23. The van der Waals surface area contributed by atoms with Crippen LogP contribution in [0.3, 0.4) is 0 Å². The molecule has 0 aliphatic rings. The second-order valence-electron chi connectivity index (χ2n) is 3.71. The van der Waals surface area contributed by atoms with Crippen LogP contribution in [-0.2, 0) is 16.1 Å². The molecule has 0 heterocycles. The Kier molecular flexibility index (Phi) is 7.39. The minimum atomic E-state index is -0.161. The molecule has 0 aliphatic heterocycles. The van der Waals surface area contributed by atoms with E-state index in [1.807, 2.05) is 6.07 Å². The lowest BCUT2D eigenvalue weighted by Crippen LogP contribution is -2.12. The highest BCUT2D eigenvalue weighted by Gasteiger charge is 2.06. The molecule has 0 saturated heterocycles. The van der Waals surface area contributed by atoms with E-state index in [1.54, 1.807) is 11.8 Å². The molecule has 0 fully saturated rings. The Balaban J connectivity index is 2.60. The van der Waals surface area contributed by atoms with E-state index >= 15 is 0 Å². The fourth-order valence-corrected chi connectivity index (χ4v) is 2.95. The summed E-state index contributed by atoms with van der Waals surface area (Å²) in [4.78, 5) is 12.3. The second-order valence-corrected chi connectivity index (χ2v) is 5.76. The van der Waals surface area contributed by atoms with Gasteiger partial charge in [0.2, 0.25) is 0 Å². The molecule has 0 aromatic heterocycles. The summed E-state index contributed by atoms with van der Waals surface area (Å²) < 4.78 is 5.69. The van der Waals surface area contributed by atoms with Crippen molar-refractivity contribution in [1.82, 2.24) is 5.32 Å². The first-order chi connectivity index (χ1) is 8.67. The summed E-state index contributed by atoms with van der Waals surface area (Å²) in [5, 5.41) is 3.31. The predicted molar refractivity (Wildman–Crippen MR) is 78.9 cm³/mol. The van der Waals surface area contributed by atoms with E-state index in [9.17, 15) is 4.79 Å². The number of ether oxygens (including phenoxy) is 1. The largest absolute Gasteiger partial charge is 0.469 e. The molecular weight excluding hydrogens is 314 g/mol. The number of hydrogen-bond acceptors (Lipinski definition) is 4. The molecule has 1 rings (SSSR count). The lowest BCUT2D eigenvalue weighted by molar-refractivity contribution is -0.140. The minimum Gasteiger partial charge on any atom is -0.469 e. The Morgan fingerprint density at radius 2 is 2.28 bits per heavy atom. The van der Waals surface area contributed by atoms with Gasteiger partial charge in [0.15, 0.2) is 0 Å². The van der Waals surface area contributed by atoms with E-state index < -0.39 is 0 Å². The van der Waals surface area contributed by atoms with Crippen molar-refractivity contribution in [3.63, 3.8) is 0 Å². The SMILES string of the molecule is CCNCc1ccc(Br)cc1SCCC(=O)OC. The topological polar surface area (TPSA) is 38.3 Å². The van der Waals surface area contributed by atoms with Crippen molar-refractivity contribution in [2.24, 2.45) is 0 Å². The lowest BCUT2D eigenvalue weighted by atomic mass is 10.2. The number of methoxy groups -OCH3 is 1. The van der Waals surface area contributed by atoms with Crippen molar-refractivity contribution in [2.45, 2.75) is 24.8 Å². The van der Waals surface area contributed by atoms with Crippen molar-refractivity contribution in [3.8, 4) is 0 Å². The van der Waals surface area contributed by atoms with Gasteiger partial charge in [0.05, 0.1) is 13.5 Å². The van der Waals surface area contributed by atoms with E-state index in [2.05, 4.69) is 45.0 Å². The Labute approximate surface area is 121 Å². The number of rotatable bonds is 7. The first-order valence-corrected chi connectivity index (χ1v) is 7.64. The molecule has 0 unspecified atom stereocenters. The van der Waals surface area contributed by atoms with Gasteiger partial charge in [-0.15, -0.1) is 11.8 Å². The molecule has 1 aromatic rings. The lowest BCUT2D eigenvalue weighted by Gasteiger charge is -2.10. The van der Waals surface area contributed by atoms with Crippen LogP contribution in [0.5, 0.6) is 0 Å². The summed E-state index contributed by atoms with van der Waals surface area (Å²) in [6.45, 7) is 3.88. The minimum absolute atomic E-state index is 0.161. The third-order valence-corrected chi connectivity index (χ3v) is 3.98. The number of hydrogen-bond donors (Lipinski definition) is 1. The van der Waals surface area contributed by atoms with Crippen LogP contribution in [0.2, 0.25) is 0 Å². The molecule has 0 atom stereocenters. The highest BCUT2D eigenvalue weighted by Crippen LogP contribution is 2.27. The number of esters is 1. The number of thioether (sulfide) groups is 1. The molecule has 0 amide bonds. The van der Waals surface area contributed by atoms with Gasteiger partial charge in [-0.1, -0.05) is 28.9 Å². The van der Waals surface area contributed by atoms with Crippen LogP contribution in [0, 0.1) is 0 Å². The molecule has 0 saturated carbocycles. The second kappa shape index (κ2) is 8.56. The summed E-state index contributed by atoms with van der Waals surface area (Å²) in [5.41, 5.74) is 1.26. The van der Waals surface area contributed by atoms with Crippen LogP contribution in [0.25, 0.3) is 0 Å². The van der Waals surface area contributed by atoms with Gasteiger partial charge in [-0.3, -0.25) is 4.79 Å². The Morgan fingerprint density at radius 3 is 2.94 bits per heavy atom. The molecule has 100 valence electrons. The van der Waals surface area contributed by atoms with Crippen LogP contribution in [0.15, 0.2) is 27.6 Å². The van der Waals surface area contributed by atoms with Crippen molar-refractivity contribution in [3.05, 3.63) is 28.2 Å². The quantitative estimate of drug-likeness (QED) is 0.615. The summed E-state index contributed by atoms with van der Waals surface area (Å²) in [6.07, 6.45) is 0.439. The number of carbonyl (C=O) groups is 1. The molecule has 1 aromatic carbocycles. The summed E-state index contributed by atoms with van der Waals surface area (Å²) >= 11 is 5.16. The monoisotopic (exact) mass is 331 g/mol. The van der Waals surface area contributed by atoms with Gasteiger partial charge >= 0.3 is 5.97 Å². The van der Waals surface area contributed by atoms with Gasteiger partial charge in [0, 0.05) is 21.7 Å². The molecule has 0 bridgehead atoms. The number of carbonyl (C=O) groups excluding carboxylic acids is 1. The highest BCUT2D eigenvalue weighted by molar-refractivity contribution is 9.10. The van der Waals surface area contributed by atoms with Crippen LogP contribution in [0.4, 0.5) is 0 Å². The fourth-order valence-electron chi connectivity index (χ4n) is 1.41. The molecular formula is C13H18BrNO2S. The normalized spacial score (nSPS) is 10.4. The Hall–Kier alpha value is -0.520. The third-order valence-electron chi connectivity index (χ3n) is 2.39. The van der Waals surface area contributed by atoms with Gasteiger partial charge in [0.1, 0.15) is 0 Å². The zero-order valence-corrected chi connectivity index (χ0v) is 13.1. The predicted octanol–water partition coefficient (Wildman–Crippen LogP) is 3.21. The van der Waals surface area contributed by atoms with Gasteiger partial charge in [0.25, 0.3) is 0 Å². The van der Waals surface area contributed by atoms with Crippen molar-refractivity contribution in [2.75, 3.05) is 19.4 Å². The molecule has 0 spiro atoms. The summed E-state index contributed by atoms with van der Waals surface area (Å²) in [7, 11) is 1.42. The van der Waals surface area contributed by atoms with E-state index in [4.69, 9.17) is 0 Å². The van der Waals surface area contributed by atoms with Crippen LogP contribution >= 0.6 is 27.7 Å². The van der Waals surface area contributed by atoms with Gasteiger partial charge in [-0.25, -0.2) is 0 Å². The van der Waals surface area contributed by atoms with E-state index in [-0.39, 0.29) is 5.97 Å². The zero-order chi connectivity index (χ0) is 13.4. The molecule has 5 heteroatoms. The third kappa shape index (κ3) is 5.42. The molecule has 3 nitrogen and oxygen atoms in total. The molecule has 18 heavy (non-hydrogen) atoms. The van der Waals surface area contributed by atoms with Gasteiger partial charge < -0.3 is 10.1 Å². The highest BCUT2D eigenvalue weighted by atomic mass is 79.9. The molecule has 0 radical (unpaired) electrons. The van der Waals surface area contributed by atoms with Gasteiger partial charge in [-0.2, -0.15) is 0 Å². The first-order valence-electron chi connectivity index (χ1n) is 5.86. The van der Waals surface area contributed by atoms with Crippen molar-refractivity contribution < 1.29 is 9.53 Å². The summed E-state index contributed by atoms with van der Waals surface area (Å²) in [5.74, 6) is 0.577. The number of nitrogens with one attached hydrogen (secondary N) is 1. The van der Waals surface area contributed by atoms with Crippen LogP contribution in [0.1, 0.15) is 18.9 Å². The number of benzene rings is 1. The zero-order valence-electron chi connectivity index (χ0n) is 10.7. The molecule has 0 aliphatic carbocycles. The standard InChI is InChI=1S/C13H18BrNO2S/c1-3-15-9-10-4-5-11(14)8-12(10)18-7-6-13(16)17-2/h4-5,8,15H,3,6-7,9H2,1-2H3. The Bertz CT molecular complexity index is 399. The maximum atomic E-state index is 11.1. The fraction of sp³-hybridized carbons (Fsp3) is 0.462. The van der Waals surface area contributed by atoms with E-state index in [1.165, 1.54) is 17.6 Å². The maximum absolute atomic E-state index is 11.1. The van der Waals surface area contributed by atoms with E-state index in [0.29, 0.717) is 6.42 Å². The average Bonchev–Trinajstić information content (AvgIpc) is 2.37. The molecule has 1 N–H and O–H groups in total. The first kappa shape index (κ1) is 15.5. The van der Waals surface area contributed by atoms with Gasteiger partial charge in [-0.05, 0) is 24.2 Å². The maximum Gasteiger partial charge on any atom is 0.306 e. The van der Waals surface area contributed by atoms with Crippen LogP contribution in [-0.4, -0.2) is 25.4 Å². The van der Waals surface area contributed by atoms with Crippen LogP contribution < -0.4 is 5.32 Å². The average molecular weight is 332 g/mol. The smallest absolute Gasteiger partial charge is 0.306 e. The van der Waals surface area contributed by atoms with Crippen molar-refractivity contribution >= 4 is 33.7 Å². The number of halogens is 1. The van der Waals surface area contributed by atoms with E-state index in [0.717, 1.165) is 23.3 Å². The van der Waals surface area contributed by atoms with Crippen molar-refractivity contribution in [1.29, 1.82) is 0 Å². The Morgan fingerprint density at radius 1 is 1.50 bits per heavy atom.